The zero-order valence-corrected chi connectivity index (χ0v) is 15.1. The maximum absolute atomic E-state index is 14.1. The second kappa shape index (κ2) is 7.77. The van der Waals surface area contributed by atoms with E-state index in [1.54, 1.807) is 56.6 Å². The number of nitrogens with one attached hydrogen (secondary N) is 2. The number of hydrogen-bond donors (Lipinski definition) is 2. The molecule has 0 atom stereocenters. The van der Waals surface area contributed by atoms with Gasteiger partial charge in [-0.25, -0.2) is 9.18 Å². The first kappa shape index (κ1) is 18.2. The summed E-state index contributed by atoms with van der Waals surface area (Å²) in [6, 6.07) is 11.5. The molecular formula is C19H19FN4O3. The van der Waals surface area contributed by atoms with Crippen LogP contribution in [0.25, 0.3) is 11.3 Å². The summed E-state index contributed by atoms with van der Waals surface area (Å²) in [4.78, 5) is 12.2. The molecule has 3 rings (SSSR count). The van der Waals surface area contributed by atoms with Crippen LogP contribution in [0.15, 0.2) is 48.7 Å². The molecule has 0 aliphatic carbocycles. The van der Waals surface area contributed by atoms with Gasteiger partial charge in [0.25, 0.3) is 0 Å². The number of rotatable bonds is 5. The van der Waals surface area contributed by atoms with E-state index in [2.05, 4.69) is 15.7 Å². The first-order valence-corrected chi connectivity index (χ1v) is 8.09. The van der Waals surface area contributed by atoms with Crippen molar-refractivity contribution in [3.63, 3.8) is 0 Å². The predicted octanol–water partition coefficient (Wildman–Crippen LogP) is 3.89. The third-order valence-corrected chi connectivity index (χ3v) is 3.95. The fraction of sp³-hybridized carbons (Fsp3) is 0.158. The maximum atomic E-state index is 14.1. The Labute approximate surface area is 155 Å². The van der Waals surface area contributed by atoms with E-state index in [4.69, 9.17) is 9.47 Å². The topological polar surface area (TPSA) is 77.4 Å². The Morgan fingerprint density at radius 2 is 1.70 bits per heavy atom. The van der Waals surface area contributed by atoms with Gasteiger partial charge in [0.15, 0.2) is 5.82 Å². The van der Waals surface area contributed by atoms with Crippen LogP contribution in [-0.4, -0.2) is 30.0 Å². The van der Waals surface area contributed by atoms with Gasteiger partial charge in [0, 0.05) is 24.0 Å². The van der Waals surface area contributed by atoms with Crippen molar-refractivity contribution in [2.75, 3.05) is 24.9 Å². The van der Waals surface area contributed by atoms with Crippen LogP contribution >= 0.6 is 0 Å². The molecule has 0 spiro atoms. The maximum Gasteiger partial charge on any atom is 0.323 e. The van der Waals surface area contributed by atoms with Gasteiger partial charge >= 0.3 is 6.03 Å². The molecule has 27 heavy (non-hydrogen) atoms. The molecule has 8 heteroatoms. The van der Waals surface area contributed by atoms with Crippen LogP contribution in [0.4, 0.5) is 20.6 Å². The van der Waals surface area contributed by atoms with Crippen molar-refractivity contribution in [2.45, 2.75) is 0 Å². The Hall–Kier alpha value is -3.55. The Morgan fingerprint density at radius 3 is 2.30 bits per heavy atom. The molecule has 2 aromatic carbocycles. The molecule has 0 saturated heterocycles. The largest absolute Gasteiger partial charge is 0.497 e. The van der Waals surface area contributed by atoms with Gasteiger partial charge < -0.3 is 20.1 Å². The lowest BCUT2D eigenvalue weighted by molar-refractivity contribution is 0.262. The number of benzene rings is 2. The van der Waals surface area contributed by atoms with Gasteiger partial charge in [-0.2, -0.15) is 5.10 Å². The fourth-order valence-electron chi connectivity index (χ4n) is 2.65. The van der Waals surface area contributed by atoms with Gasteiger partial charge in [-0.15, -0.1) is 0 Å². The Kier molecular flexibility index (Phi) is 5.25. The summed E-state index contributed by atoms with van der Waals surface area (Å²) in [7, 11) is 4.70. The highest BCUT2D eigenvalue weighted by Crippen LogP contribution is 2.33. The second-order valence-electron chi connectivity index (χ2n) is 5.69. The summed E-state index contributed by atoms with van der Waals surface area (Å²) in [6.45, 7) is 0. The third-order valence-electron chi connectivity index (χ3n) is 3.95. The molecule has 3 aromatic rings. The number of aryl methyl sites for hydroxylation is 1. The molecule has 1 heterocycles. The van der Waals surface area contributed by atoms with Gasteiger partial charge in [-0.1, -0.05) is 0 Å². The Morgan fingerprint density at radius 1 is 1.04 bits per heavy atom. The number of hydrogen-bond acceptors (Lipinski definition) is 4. The molecule has 2 N–H and O–H groups in total. The van der Waals surface area contributed by atoms with Crippen molar-refractivity contribution in [3.8, 4) is 22.8 Å². The number of carbonyl (C=O) groups is 1. The lowest BCUT2D eigenvalue weighted by Crippen LogP contribution is -2.19. The second-order valence-corrected chi connectivity index (χ2v) is 5.69. The third kappa shape index (κ3) is 4.00. The lowest BCUT2D eigenvalue weighted by Gasteiger charge is -2.13. The molecule has 0 saturated carbocycles. The minimum absolute atomic E-state index is 0.270. The Balaban J connectivity index is 1.80. The highest BCUT2D eigenvalue weighted by molar-refractivity contribution is 6.00. The van der Waals surface area contributed by atoms with E-state index in [9.17, 15) is 9.18 Å². The van der Waals surface area contributed by atoms with E-state index in [1.165, 1.54) is 11.8 Å². The molecule has 1 aromatic heterocycles. The van der Waals surface area contributed by atoms with Crippen LogP contribution in [0.3, 0.4) is 0 Å². The summed E-state index contributed by atoms with van der Waals surface area (Å²) in [5.74, 6) is 0.688. The van der Waals surface area contributed by atoms with Crippen LogP contribution < -0.4 is 20.1 Å². The van der Waals surface area contributed by atoms with Crippen LogP contribution in [0.2, 0.25) is 0 Å². The van der Waals surface area contributed by atoms with Gasteiger partial charge in [0.1, 0.15) is 17.2 Å². The van der Waals surface area contributed by atoms with Crippen LogP contribution in [0.1, 0.15) is 0 Å². The SMILES string of the molecule is COc1ccc(NC(=O)Nc2ccc(OC)c(-c3c(F)cnn3C)c2)cc1. The smallest absolute Gasteiger partial charge is 0.323 e. The van der Waals surface area contributed by atoms with Crippen LogP contribution in [0, 0.1) is 5.82 Å². The fourth-order valence-corrected chi connectivity index (χ4v) is 2.65. The van der Waals surface area contributed by atoms with Crippen molar-refractivity contribution >= 4 is 17.4 Å². The van der Waals surface area contributed by atoms with Crippen LogP contribution in [-0.2, 0) is 7.05 Å². The van der Waals surface area contributed by atoms with E-state index in [-0.39, 0.29) is 5.69 Å². The van der Waals surface area contributed by atoms with Crippen molar-refractivity contribution in [1.29, 1.82) is 0 Å². The summed E-state index contributed by atoms with van der Waals surface area (Å²) < 4.78 is 25.9. The Bertz CT molecular complexity index is 935. The zero-order valence-electron chi connectivity index (χ0n) is 15.1. The molecule has 2 amide bonds. The first-order valence-electron chi connectivity index (χ1n) is 8.09. The predicted molar refractivity (Wildman–Crippen MR) is 101 cm³/mol. The van der Waals surface area contributed by atoms with E-state index < -0.39 is 11.8 Å². The number of carbonyl (C=O) groups excluding carboxylic acids is 1. The zero-order chi connectivity index (χ0) is 19.4. The average molecular weight is 370 g/mol. The van der Waals surface area contributed by atoms with E-state index in [0.29, 0.717) is 28.4 Å². The van der Waals surface area contributed by atoms with E-state index >= 15 is 0 Å². The molecule has 0 aliphatic rings. The van der Waals surface area contributed by atoms with Gasteiger partial charge in [0.05, 0.1) is 20.4 Å². The molecule has 7 nitrogen and oxygen atoms in total. The van der Waals surface area contributed by atoms with E-state index in [0.717, 1.165) is 6.20 Å². The molecule has 0 aliphatic heterocycles. The van der Waals surface area contributed by atoms with Crippen molar-refractivity contribution < 1.29 is 18.7 Å². The van der Waals surface area contributed by atoms with Crippen molar-refractivity contribution in [2.24, 2.45) is 7.05 Å². The van der Waals surface area contributed by atoms with E-state index in [1.807, 2.05) is 0 Å². The van der Waals surface area contributed by atoms with Gasteiger partial charge in [0.2, 0.25) is 0 Å². The summed E-state index contributed by atoms with van der Waals surface area (Å²) >= 11 is 0. The summed E-state index contributed by atoms with van der Waals surface area (Å²) in [5.41, 5.74) is 1.85. The number of urea groups is 1. The number of halogens is 1. The molecule has 140 valence electrons. The number of methoxy groups -OCH3 is 2. The molecular weight excluding hydrogens is 351 g/mol. The van der Waals surface area contributed by atoms with Gasteiger partial charge in [-0.05, 0) is 42.5 Å². The van der Waals surface area contributed by atoms with Gasteiger partial charge in [-0.3, -0.25) is 4.68 Å². The molecule has 0 fully saturated rings. The number of aromatic nitrogens is 2. The minimum atomic E-state index is -0.476. The highest BCUT2D eigenvalue weighted by Gasteiger charge is 2.16. The normalized spacial score (nSPS) is 10.4. The lowest BCUT2D eigenvalue weighted by atomic mass is 10.1. The number of amides is 2. The first-order chi connectivity index (χ1) is 13.0. The highest BCUT2D eigenvalue weighted by atomic mass is 19.1. The number of anilines is 2. The molecule has 0 radical (unpaired) electrons. The van der Waals surface area contributed by atoms with Crippen LogP contribution in [0.5, 0.6) is 11.5 Å². The molecule has 0 bridgehead atoms. The standard InChI is InChI=1S/C19H19FN4O3/c1-24-18(16(20)11-21-24)15-10-13(6-9-17(15)27-3)23-19(25)22-12-4-7-14(26-2)8-5-12/h4-11H,1-3H3,(H2,22,23,25). The van der Waals surface area contributed by atoms with Crippen molar-refractivity contribution in [3.05, 3.63) is 54.5 Å². The number of ether oxygens (including phenoxy) is 2. The average Bonchev–Trinajstić information content (AvgIpc) is 3.00. The summed E-state index contributed by atoms with van der Waals surface area (Å²) in [6.07, 6.45) is 1.13. The van der Waals surface area contributed by atoms with Crippen molar-refractivity contribution in [1.82, 2.24) is 9.78 Å². The quantitative estimate of drug-likeness (QED) is 0.714. The minimum Gasteiger partial charge on any atom is -0.497 e. The number of nitrogens with zero attached hydrogens (tertiary/aromatic N) is 2. The monoisotopic (exact) mass is 370 g/mol. The molecule has 0 unspecified atom stereocenters. The summed E-state index contributed by atoms with van der Waals surface area (Å²) in [5, 5.41) is 9.35.